The average molecular weight is 492 g/mol. The first-order valence-corrected chi connectivity index (χ1v) is 10.3. The Morgan fingerprint density at radius 1 is 0.848 bits per heavy atom. The van der Waals surface area contributed by atoms with Gasteiger partial charge in [0, 0.05) is 11.8 Å². The Bertz CT molecular complexity index is 1060. The predicted molar refractivity (Wildman–Crippen MR) is 107 cm³/mol. The second-order valence-electron chi connectivity index (χ2n) is 8.04. The van der Waals surface area contributed by atoms with Crippen LogP contribution in [0.15, 0.2) is 24.3 Å². The zero-order valence-electron chi connectivity index (χ0n) is 16.7. The molecule has 1 heterocycles. The lowest BCUT2D eigenvalue weighted by Crippen LogP contribution is -2.34. The highest BCUT2D eigenvalue weighted by Crippen LogP contribution is 2.48. The van der Waals surface area contributed by atoms with Crippen molar-refractivity contribution in [3.05, 3.63) is 40.7 Å². The fourth-order valence-corrected chi connectivity index (χ4v) is 3.48. The van der Waals surface area contributed by atoms with Crippen LogP contribution in [0.3, 0.4) is 0 Å². The highest BCUT2D eigenvalue weighted by atomic mass is 35.5. The highest BCUT2D eigenvalue weighted by Gasteiger charge is 2.61. The maximum Gasteiger partial charge on any atom is 0.458 e. The average Bonchev–Trinajstić information content (AvgIpc) is 3.59. The van der Waals surface area contributed by atoms with Crippen LogP contribution in [0.4, 0.5) is 38.0 Å². The van der Waals surface area contributed by atoms with Crippen LogP contribution >= 0.6 is 11.6 Å². The summed E-state index contributed by atoms with van der Waals surface area (Å²) in [4.78, 5) is 28.4. The third-order valence-electron chi connectivity index (χ3n) is 5.27. The van der Waals surface area contributed by atoms with Gasteiger partial charge in [-0.2, -0.15) is 22.0 Å². The van der Waals surface area contributed by atoms with E-state index in [0.29, 0.717) is 31.7 Å². The molecule has 176 valence electrons. The zero-order chi connectivity index (χ0) is 24.1. The van der Waals surface area contributed by atoms with Gasteiger partial charge in [-0.3, -0.25) is 9.59 Å². The molecule has 2 fully saturated rings. The van der Waals surface area contributed by atoms with Crippen LogP contribution in [0, 0.1) is 17.7 Å². The van der Waals surface area contributed by atoms with Gasteiger partial charge in [-0.05, 0) is 61.1 Å². The zero-order valence-corrected chi connectivity index (χ0v) is 17.5. The summed E-state index contributed by atoms with van der Waals surface area (Å²) in [6.07, 6.45) is -3.24. The van der Waals surface area contributed by atoms with E-state index >= 15 is 0 Å². The monoisotopic (exact) mass is 491 g/mol. The lowest BCUT2D eigenvalue weighted by atomic mass is 10.0. The number of pyridine rings is 1. The van der Waals surface area contributed by atoms with Gasteiger partial charge in [-0.25, -0.2) is 9.37 Å². The van der Waals surface area contributed by atoms with Crippen LogP contribution in [0.2, 0.25) is 5.02 Å². The summed E-state index contributed by atoms with van der Waals surface area (Å²) in [5, 5.41) is 3.99. The number of carbonyl (C=O) groups excluding carboxylic acids is 2. The van der Waals surface area contributed by atoms with Crippen molar-refractivity contribution in [2.75, 3.05) is 10.6 Å². The maximum atomic E-state index is 14.5. The fraction of sp³-hybridized carbons (Fsp3) is 0.381. The molecule has 5 nitrogen and oxygen atoms in total. The first kappa shape index (κ1) is 23.3. The number of halogens is 7. The van der Waals surface area contributed by atoms with Crippen molar-refractivity contribution < 1.29 is 35.9 Å². The van der Waals surface area contributed by atoms with Crippen molar-refractivity contribution in [2.45, 2.75) is 37.8 Å². The highest BCUT2D eigenvalue weighted by molar-refractivity contribution is 6.31. The molecule has 1 aromatic heterocycles. The topological polar surface area (TPSA) is 71.1 Å². The number of amides is 2. The van der Waals surface area contributed by atoms with Crippen LogP contribution in [-0.4, -0.2) is 23.0 Å². The van der Waals surface area contributed by atoms with E-state index in [1.807, 2.05) is 0 Å². The van der Waals surface area contributed by atoms with E-state index in [9.17, 15) is 35.9 Å². The second kappa shape index (κ2) is 8.19. The van der Waals surface area contributed by atoms with E-state index in [0.717, 1.165) is 6.07 Å². The van der Waals surface area contributed by atoms with Gasteiger partial charge >= 0.3 is 12.1 Å². The van der Waals surface area contributed by atoms with Gasteiger partial charge in [0.2, 0.25) is 11.8 Å². The van der Waals surface area contributed by atoms with Gasteiger partial charge in [0.05, 0.1) is 10.6 Å². The third kappa shape index (κ3) is 4.92. The summed E-state index contributed by atoms with van der Waals surface area (Å²) in [5.74, 6) is -8.37. The van der Waals surface area contributed by atoms with Crippen LogP contribution in [0.25, 0.3) is 11.1 Å². The molecule has 0 aliphatic heterocycles. The molecule has 2 amide bonds. The van der Waals surface area contributed by atoms with Crippen molar-refractivity contribution in [1.29, 1.82) is 0 Å². The number of rotatable bonds is 6. The number of carbonyl (C=O) groups is 2. The van der Waals surface area contributed by atoms with Gasteiger partial charge < -0.3 is 10.6 Å². The summed E-state index contributed by atoms with van der Waals surface area (Å²) in [6, 6.07) is 3.79. The molecule has 0 bridgehead atoms. The van der Waals surface area contributed by atoms with Gasteiger partial charge in [0.1, 0.15) is 17.5 Å². The minimum atomic E-state index is -6.05. The predicted octanol–water partition coefficient (Wildman–Crippen LogP) is 5.89. The lowest BCUT2D eigenvalue weighted by Gasteiger charge is -2.22. The molecule has 0 unspecified atom stereocenters. The molecule has 4 rings (SSSR count). The van der Waals surface area contributed by atoms with Crippen LogP contribution < -0.4 is 10.6 Å². The molecule has 0 spiro atoms. The number of nitrogens with zero attached hydrogens (tertiary/aromatic N) is 1. The number of anilines is 2. The van der Waals surface area contributed by atoms with Crippen molar-refractivity contribution >= 4 is 35.1 Å². The summed E-state index contributed by atoms with van der Waals surface area (Å²) in [5.41, 5.74) is -2.05. The molecule has 0 atom stereocenters. The Morgan fingerprint density at radius 2 is 1.30 bits per heavy atom. The SMILES string of the molecule is O=C(Nc1cc(-c2cc(F)c(C(F)(F)C(F)(F)F)c(Cl)c2)cc(NC(=O)C2CC2)n1)C1CC1. The summed E-state index contributed by atoms with van der Waals surface area (Å²) in [7, 11) is 0. The van der Waals surface area contributed by atoms with E-state index in [1.54, 1.807) is 0 Å². The first-order chi connectivity index (χ1) is 15.4. The van der Waals surface area contributed by atoms with Crippen molar-refractivity contribution in [2.24, 2.45) is 11.8 Å². The van der Waals surface area contributed by atoms with E-state index in [-0.39, 0.29) is 46.4 Å². The lowest BCUT2D eigenvalue weighted by molar-refractivity contribution is -0.290. The number of aromatic nitrogens is 1. The number of hydrogen-bond donors (Lipinski definition) is 2. The van der Waals surface area contributed by atoms with E-state index in [2.05, 4.69) is 15.6 Å². The number of hydrogen-bond acceptors (Lipinski definition) is 3. The van der Waals surface area contributed by atoms with Gasteiger partial charge in [0.25, 0.3) is 0 Å². The van der Waals surface area contributed by atoms with Gasteiger partial charge in [-0.1, -0.05) is 11.6 Å². The Balaban J connectivity index is 1.73. The molecule has 2 N–H and O–H groups in total. The molecule has 0 radical (unpaired) electrons. The Kier molecular flexibility index (Phi) is 5.80. The Morgan fingerprint density at radius 3 is 1.70 bits per heavy atom. The minimum absolute atomic E-state index is 0.00303. The third-order valence-corrected chi connectivity index (χ3v) is 5.57. The summed E-state index contributed by atoms with van der Waals surface area (Å²) < 4.78 is 80.1. The summed E-state index contributed by atoms with van der Waals surface area (Å²) in [6.45, 7) is 0. The van der Waals surface area contributed by atoms with E-state index in [4.69, 9.17) is 11.6 Å². The minimum Gasteiger partial charge on any atom is -0.310 e. The molecular formula is C21H16ClF6N3O2. The number of alkyl halides is 5. The summed E-state index contributed by atoms with van der Waals surface area (Å²) >= 11 is 5.65. The van der Waals surface area contributed by atoms with Crippen molar-refractivity contribution in [3.8, 4) is 11.1 Å². The fourth-order valence-electron chi connectivity index (χ4n) is 3.15. The number of benzene rings is 1. The quantitative estimate of drug-likeness (QED) is 0.495. The molecule has 1 aromatic carbocycles. The molecule has 0 saturated heterocycles. The molecule has 2 aliphatic carbocycles. The molecule has 12 heteroatoms. The molecule has 2 saturated carbocycles. The number of nitrogens with one attached hydrogen (secondary N) is 2. The van der Waals surface area contributed by atoms with Crippen LogP contribution in [0.1, 0.15) is 31.2 Å². The van der Waals surface area contributed by atoms with Gasteiger partial charge in [0.15, 0.2) is 0 Å². The maximum absolute atomic E-state index is 14.5. The molecule has 33 heavy (non-hydrogen) atoms. The first-order valence-electron chi connectivity index (χ1n) is 9.95. The van der Waals surface area contributed by atoms with Crippen molar-refractivity contribution in [1.82, 2.24) is 4.98 Å². The van der Waals surface area contributed by atoms with Crippen LogP contribution in [0.5, 0.6) is 0 Å². The normalized spacial score (nSPS) is 16.5. The largest absolute Gasteiger partial charge is 0.458 e. The molecular weight excluding hydrogens is 476 g/mol. The molecule has 2 aliphatic rings. The van der Waals surface area contributed by atoms with Crippen molar-refractivity contribution in [3.63, 3.8) is 0 Å². The van der Waals surface area contributed by atoms with Crippen LogP contribution in [-0.2, 0) is 15.5 Å². The molecule has 2 aromatic rings. The Hall–Kier alpha value is -2.82. The smallest absolute Gasteiger partial charge is 0.310 e. The van der Waals surface area contributed by atoms with E-state index in [1.165, 1.54) is 12.1 Å². The standard InChI is InChI=1S/C21H16ClF6N3O2/c22-13-5-11(6-14(23)17(13)20(24,25)21(26,27)28)12-7-15(30-18(32)9-1-2-9)29-16(8-12)31-19(33)10-3-4-10/h5-10H,1-4H2,(H2,29,30,31,32,33). The van der Waals surface area contributed by atoms with Gasteiger partial charge in [-0.15, -0.1) is 0 Å². The second-order valence-corrected chi connectivity index (χ2v) is 8.45. The van der Waals surface area contributed by atoms with E-state index < -0.39 is 28.5 Å². The Labute approximate surface area is 188 Å².